The summed E-state index contributed by atoms with van der Waals surface area (Å²) in [5, 5.41) is 25.7. The molecule has 2 saturated heterocycles. The number of aliphatic hydroxyl groups excluding tert-OH is 1. The molecule has 3 saturated carbocycles. The topological polar surface area (TPSA) is 317 Å². The van der Waals surface area contributed by atoms with Crippen molar-refractivity contribution in [2.45, 2.75) is 315 Å². The zero-order chi connectivity index (χ0) is 76.7. The summed E-state index contributed by atoms with van der Waals surface area (Å²) >= 11 is 0. The molecule has 0 radical (unpaired) electrons. The molecular weight excluding hydrogens is 1320 g/mol. The van der Waals surface area contributed by atoms with E-state index in [4.69, 9.17) is 4.74 Å². The van der Waals surface area contributed by atoms with Crippen LogP contribution in [0.25, 0.3) is 0 Å². The summed E-state index contributed by atoms with van der Waals surface area (Å²) in [6, 6.07) is -13.0. The van der Waals surface area contributed by atoms with Crippen LogP contribution in [0.2, 0.25) is 0 Å². The number of aliphatic hydroxyl groups is 1. The van der Waals surface area contributed by atoms with Crippen LogP contribution < -0.4 is 26.6 Å². The van der Waals surface area contributed by atoms with Crippen molar-refractivity contribution in [1.29, 1.82) is 0 Å². The van der Waals surface area contributed by atoms with Crippen molar-refractivity contribution in [2.24, 2.45) is 35.5 Å². The molecule has 5 aliphatic rings. The minimum absolute atomic E-state index is 0.00528. The average Bonchev–Trinajstić information content (AvgIpc) is 0.823. The molecule has 12 amide bonds. The fraction of sp³-hybridized carbons (Fsp3) is 0.844. The van der Waals surface area contributed by atoms with E-state index in [1.54, 1.807) is 39.5 Å². The Morgan fingerprint density at radius 2 is 0.942 bits per heavy atom. The Balaban J connectivity index is 1.66. The standard InChI is InChI=1S/C77H134N12O14/c1-48(2)41-59-68(94)80-58(47-103-77(9,10)11)72(98)88(17)62(44-55-35-26-20-27-36-55)74(100)84(13)51(7)67(93)79-57(73(99)89-39-28-21-29-40-89)45-63(91)81-65(50(5)6)76(102)87(16)61(43-54-33-24-19-25-34-54)69(95)78-56(38-30-37-53-31-22-18-23-32-53)71(97)86(15)60(42-49(3)4)70(96)82-66(52(8)90)75(101)83(12)46-64(92)85(59)14/h48-62,65-66,90H,18-47H2,1-17H3,(H,78,95)(H,79,93)(H,80,94)(H,81,91)(H,82,96)/t51-,52+,56-,57-,58-,59-,60-,61-,62-,65+,66-/m0/s1. The highest BCUT2D eigenvalue weighted by molar-refractivity contribution is 6.00. The monoisotopic (exact) mass is 1450 g/mol. The molecule has 6 N–H and O–H groups in total. The van der Waals surface area contributed by atoms with Gasteiger partial charge in [0, 0.05) is 55.4 Å². The van der Waals surface area contributed by atoms with E-state index >= 15 is 24.0 Å². The second kappa shape index (κ2) is 41.5. The van der Waals surface area contributed by atoms with E-state index < -0.39 is 162 Å². The second-order valence-corrected chi connectivity index (χ2v) is 33.1. The molecule has 0 aromatic heterocycles. The first kappa shape index (κ1) is 87.2. The number of carbonyl (C=O) groups is 12. The van der Waals surface area contributed by atoms with Crippen LogP contribution in [0.5, 0.6) is 0 Å². The Hall–Kier alpha value is -6.44. The Kier molecular flexibility index (Phi) is 35.1. The highest BCUT2D eigenvalue weighted by Crippen LogP contribution is 2.33. The zero-order valence-electron chi connectivity index (χ0n) is 65.9. The van der Waals surface area contributed by atoms with Crippen LogP contribution in [-0.4, -0.2) is 251 Å². The SMILES string of the molecule is CC(C)C[C@H]1C(=O)N[C@@H](COC(C)(C)C)C(=O)N(C)[C@@H](CC2CCCCC2)C(=O)N(C)[C@@H](C)C(=O)N[C@H](C(=O)N2CCCCC2)CC(=O)N[C@H](C(C)C)C(=O)N(C)[C@@H](CC2CCCCC2)C(=O)N[C@@H](CCCC2CCCCC2)C(=O)N(C)[C@@H](CC(C)C)C(=O)N[C@@H]([C@@H](C)O)C(=O)N(C)CC(=O)N1C. The maximum absolute atomic E-state index is 15.4. The predicted octanol–water partition coefficient (Wildman–Crippen LogP) is 6.08. The van der Waals surface area contributed by atoms with E-state index in [0.717, 1.165) is 114 Å². The average molecular weight is 1450 g/mol. The van der Waals surface area contributed by atoms with Gasteiger partial charge in [0.15, 0.2) is 0 Å². The van der Waals surface area contributed by atoms with Gasteiger partial charge in [-0.1, -0.05) is 151 Å². The zero-order valence-corrected chi connectivity index (χ0v) is 65.9. The lowest BCUT2D eigenvalue weighted by Gasteiger charge is -2.38. The summed E-state index contributed by atoms with van der Waals surface area (Å²) in [5.41, 5.74) is -0.826. The molecule has 103 heavy (non-hydrogen) atoms. The number of rotatable bonds is 17. The van der Waals surface area contributed by atoms with Gasteiger partial charge in [-0.25, -0.2) is 0 Å². The molecule has 0 unspecified atom stereocenters. The van der Waals surface area contributed by atoms with Gasteiger partial charge in [0.1, 0.15) is 60.4 Å². The quantitative estimate of drug-likeness (QED) is 0.0963. The second-order valence-electron chi connectivity index (χ2n) is 33.1. The number of ether oxygens (including phenoxy) is 1. The van der Waals surface area contributed by atoms with E-state index in [-0.39, 0.29) is 62.4 Å². The Labute approximate surface area is 615 Å². The molecule has 0 aromatic rings. The third-order valence-corrected chi connectivity index (χ3v) is 22.2. The van der Waals surface area contributed by atoms with Gasteiger partial charge in [-0.3, -0.25) is 57.5 Å². The van der Waals surface area contributed by atoms with Crippen LogP contribution in [0.1, 0.15) is 243 Å². The molecule has 0 bridgehead atoms. The van der Waals surface area contributed by atoms with Crippen LogP contribution in [0.3, 0.4) is 0 Å². The van der Waals surface area contributed by atoms with Gasteiger partial charge in [-0.2, -0.15) is 0 Å². The lowest BCUT2D eigenvalue weighted by Crippen LogP contribution is -2.62. The number of nitrogens with one attached hydrogen (secondary N) is 5. The summed E-state index contributed by atoms with van der Waals surface area (Å²) in [4.78, 5) is 189. The molecule has 586 valence electrons. The van der Waals surface area contributed by atoms with Gasteiger partial charge in [-0.15, -0.1) is 0 Å². The number of likely N-dealkylation sites (N-methyl/N-ethyl adjacent to an activating group) is 6. The predicted molar refractivity (Wildman–Crippen MR) is 395 cm³/mol. The number of likely N-dealkylation sites (tertiary alicyclic amines) is 1. The molecule has 2 aliphatic heterocycles. The van der Waals surface area contributed by atoms with Crippen molar-refractivity contribution >= 4 is 70.9 Å². The van der Waals surface area contributed by atoms with Gasteiger partial charge in [0.25, 0.3) is 0 Å². The third-order valence-electron chi connectivity index (χ3n) is 22.2. The molecule has 26 nitrogen and oxygen atoms in total. The maximum Gasteiger partial charge on any atom is 0.248 e. The van der Waals surface area contributed by atoms with E-state index in [0.29, 0.717) is 38.3 Å². The first-order valence-electron chi connectivity index (χ1n) is 39.1. The molecule has 11 atom stereocenters. The fourth-order valence-electron chi connectivity index (χ4n) is 15.5. The molecule has 5 rings (SSSR count). The molecular formula is C77H134N12O14. The largest absolute Gasteiger partial charge is 0.391 e. The number of carbonyl (C=O) groups excluding carboxylic acids is 12. The molecule has 5 fully saturated rings. The number of amides is 12. The van der Waals surface area contributed by atoms with Gasteiger partial charge in [-0.05, 0) is 121 Å². The number of hydrogen-bond donors (Lipinski definition) is 6. The van der Waals surface area contributed by atoms with Crippen LogP contribution >= 0.6 is 0 Å². The minimum atomic E-state index is -1.63. The summed E-state index contributed by atoms with van der Waals surface area (Å²) in [5.74, 6) is -8.63. The van der Waals surface area contributed by atoms with Gasteiger partial charge < -0.3 is 70.7 Å². The third kappa shape index (κ3) is 26.5. The molecule has 0 spiro atoms. The highest BCUT2D eigenvalue weighted by atomic mass is 16.5. The number of piperidine rings is 1. The molecule has 2 heterocycles. The van der Waals surface area contributed by atoms with Crippen molar-refractivity contribution in [3.8, 4) is 0 Å². The van der Waals surface area contributed by atoms with Crippen molar-refractivity contribution in [1.82, 2.24) is 60.9 Å². The lowest BCUT2D eigenvalue weighted by molar-refractivity contribution is -0.152. The Morgan fingerprint density at radius 3 is 1.46 bits per heavy atom. The maximum atomic E-state index is 15.4. The lowest BCUT2D eigenvalue weighted by atomic mass is 9.84. The van der Waals surface area contributed by atoms with Crippen LogP contribution in [0.15, 0.2) is 0 Å². The van der Waals surface area contributed by atoms with E-state index in [1.807, 2.05) is 27.7 Å². The molecule has 0 aromatic carbocycles. The van der Waals surface area contributed by atoms with E-state index in [1.165, 1.54) is 80.6 Å². The first-order valence-corrected chi connectivity index (χ1v) is 39.1. The Bertz CT molecular complexity index is 2820. The fourth-order valence-corrected chi connectivity index (χ4v) is 15.5. The van der Waals surface area contributed by atoms with Crippen LogP contribution in [0.4, 0.5) is 0 Å². The van der Waals surface area contributed by atoms with Gasteiger partial charge in [0.2, 0.25) is 70.9 Å². The van der Waals surface area contributed by atoms with Gasteiger partial charge in [0.05, 0.1) is 31.3 Å². The normalized spacial score (nSPS) is 28.0. The van der Waals surface area contributed by atoms with Crippen molar-refractivity contribution in [3.63, 3.8) is 0 Å². The highest BCUT2D eigenvalue weighted by Gasteiger charge is 2.44. The summed E-state index contributed by atoms with van der Waals surface area (Å²) in [6.07, 6.45) is 16.7. The van der Waals surface area contributed by atoms with Crippen molar-refractivity contribution < 1.29 is 67.4 Å². The van der Waals surface area contributed by atoms with Crippen LogP contribution in [-0.2, 0) is 62.3 Å². The molecule has 26 heteroatoms. The van der Waals surface area contributed by atoms with Crippen molar-refractivity contribution in [2.75, 3.05) is 68.5 Å². The minimum Gasteiger partial charge on any atom is -0.391 e. The van der Waals surface area contributed by atoms with Crippen molar-refractivity contribution in [3.05, 3.63) is 0 Å². The Morgan fingerprint density at radius 1 is 0.485 bits per heavy atom. The number of nitrogens with zero attached hydrogens (tertiary/aromatic N) is 7. The number of hydrogen-bond acceptors (Lipinski definition) is 14. The van der Waals surface area contributed by atoms with Gasteiger partial charge >= 0.3 is 0 Å². The van der Waals surface area contributed by atoms with E-state index in [9.17, 15) is 38.7 Å². The summed E-state index contributed by atoms with van der Waals surface area (Å²) < 4.78 is 6.21. The summed E-state index contributed by atoms with van der Waals surface area (Å²) in [7, 11) is 8.63. The van der Waals surface area contributed by atoms with Crippen LogP contribution in [0, 0.1) is 35.5 Å². The molecule has 3 aliphatic carbocycles. The first-order chi connectivity index (χ1) is 48.4. The summed E-state index contributed by atoms with van der Waals surface area (Å²) in [6.45, 7) is 18.9. The smallest absolute Gasteiger partial charge is 0.248 e. The van der Waals surface area contributed by atoms with E-state index in [2.05, 4.69) is 26.6 Å².